The van der Waals surface area contributed by atoms with Crippen molar-refractivity contribution in [1.82, 2.24) is 25.3 Å². The number of nitrogens with one attached hydrogen (secondary N) is 1. The lowest BCUT2D eigenvalue weighted by atomic mass is 10.2. The molecular weight excluding hydrogens is 312 g/mol. The van der Waals surface area contributed by atoms with E-state index in [2.05, 4.69) is 20.6 Å². The highest BCUT2D eigenvalue weighted by Crippen LogP contribution is 2.12. The quantitative estimate of drug-likeness (QED) is 0.671. The summed E-state index contributed by atoms with van der Waals surface area (Å²) in [7, 11) is 0. The van der Waals surface area contributed by atoms with E-state index in [0.717, 1.165) is 24.2 Å². The standard InChI is InChI=1S/C15H16N6OS/c16-15-18-11(10-23-15)5-4-8-17-14(22)13-9-21(20-19-13)12-6-2-1-3-7-12/h1-3,6-7,9-10H,4-5,8H2,(H2,16,18)(H,17,22). The number of thiazole rings is 1. The summed E-state index contributed by atoms with van der Waals surface area (Å²) in [4.78, 5) is 16.2. The molecule has 3 aromatic rings. The first-order valence-corrected chi connectivity index (χ1v) is 8.06. The lowest BCUT2D eigenvalue weighted by Gasteiger charge is -2.01. The van der Waals surface area contributed by atoms with Crippen molar-refractivity contribution < 1.29 is 4.79 Å². The van der Waals surface area contributed by atoms with Crippen molar-refractivity contribution in [2.24, 2.45) is 0 Å². The van der Waals surface area contributed by atoms with Crippen molar-refractivity contribution in [3.63, 3.8) is 0 Å². The monoisotopic (exact) mass is 328 g/mol. The van der Waals surface area contributed by atoms with Gasteiger partial charge in [0.2, 0.25) is 0 Å². The molecule has 0 spiro atoms. The van der Waals surface area contributed by atoms with E-state index >= 15 is 0 Å². The smallest absolute Gasteiger partial charge is 0.273 e. The Morgan fingerprint density at radius 3 is 2.87 bits per heavy atom. The molecule has 23 heavy (non-hydrogen) atoms. The van der Waals surface area contributed by atoms with E-state index in [1.165, 1.54) is 11.3 Å². The van der Waals surface area contributed by atoms with Gasteiger partial charge >= 0.3 is 0 Å². The number of hydrogen-bond acceptors (Lipinski definition) is 6. The first-order chi connectivity index (χ1) is 11.2. The van der Waals surface area contributed by atoms with Gasteiger partial charge in [-0.3, -0.25) is 4.79 Å². The molecule has 3 rings (SSSR count). The van der Waals surface area contributed by atoms with Crippen molar-refractivity contribution in [3.05, 3.63) is 53.3 Å². The fourth-order valence-corrected chi connectivity index (χ4v) is 2.67. The summed E-state index contributed by atoms with van der Waals surface area (Å²) in [5, 5.41) is 13.2. The van der Waals surface area contributed by atoms with E-state index in [1.54, 1.807) is 10.9 Å². The molecule has 0 atom stereocenters. The number of rotatable bonds is 6. The van der Waals surface area contributed by atoms with Crippen LogP contribution < -0.4 is 11.1 Å². The van der Waals surface area contributed by atoms with E-state index in [-0.39, 0.29) is 5.91 Å². The van der Waals surface area contributed by atoms with Crippen LogP contribution in [0.1, 0.15) is 22.6 Å². The fourth-order valence-electron chi connectivity index (χ4n) is 2.07. The van der Waals surface area contributed by atoms with E-state index in [9.17, 15) is 4.79 Å². The third kappa shape index (κ3) is 3.92. The van der Waals surface area contributed by atoms with Gasteiger partial charge in [0.15, 0.2) is 10.8 Å². The van der Waals surface area contributed by atoms with Crippen molar-refractivity contribution >= 4 is 22.4 Å². The summed E-state index contributed by atoms with van der Waals surface area (Å²) >= 11 is 1.42. The Hall–Kier alpha value is -2.74. The Kier molecular flexibility index (Phi) is 4.62. The number of benzene rings is 1. The lowest BCUT2D eigenvalue weighted by Crippen LogP contribution is -2.25. The summed E-state index contributed by atoms with van der Waals surface area (Å²) in [5.74, 6) is -0.232. The number of carbonyl (C=O) groups is 1. The summed E-state index contributed by atoms with van der Waals surface area (Å²) in [6.45, 7) is 0.550. The van der Waals surface area contributed by atoms with Crippen molar-refractivity contribution in [3.8, 4) is 5.69 Å². The third-order valence-electron chi connectivity index (χ3n) is 3.21. The number of aromatic nitrogens is 4. The number of nitrogens with zero attached hydrogens (tertiary/aromatic N) is 4. The highest BCUT2D eigenvalue weighted by molar-refractivity contribution is 7.13. The molecule has 1 aromatic carbocycles. The first kappa shape index (κ1) is 15.2. The minimum absolute atomic E-state index is 0.232. The normalized spacial score (nSPS) is 10.6. The maximum Gasteiger partial charge on any atom is 0.273 e. The number of nitrogen functional groups attached to an aromatic ring is 1. The van der Waals surface area contributed by atoms with E-state index in [1.807, 2.05) is 35.7 Å². The molecule has 0 aliphatic rings. The average Bonchev–Trinajstić information content (AvgIpc) is 3.21. The molecule has 0 radical (unpaired) electrons. The van der Waals surface area contributed by atoms with Crippen LogP contribution in [0.15, 0.2) is 41.9 Å². The molecule has 3 N–H and O–H groups in total. The number of amides is 1. The topological polar surface area (TPSA) is 98.7 Å². The Bertz CT molecular complexity index is 782. The van der Waals surface area contributed by atoms with E-state index in [0.29, 0.717) is 17.4 Å². The molecule has 2 heterocycles. The Labute approximate surface area is 137 Å². The van der Waals surface area contributed by atoms with E-state index in [4.69, 9.17) is 5.73 Å². The second kappa shape index (κ2) is 7.01. The van der Waals surface area contributed by atoms with Crippen molar-refractivity contribution in [2.75, 3.05) is 12.3 Å². The SMILES string of the molecule is Nc1nc(CCCNC(=O)c2cn(-c3ccccc3)nn2)cs1. The maximum atomic E-state index is 12.0. The maximum absolute atomic E-state index is 12.0. The molecule has 0 saturated carbocycles. The largest absolute Gasteiger partial charge is 0.375 e. The van der Waals surface area contributed by atoms with E-state index < -0.39 is 0 Å². The number of carbonyl (C=O) groups excluding carboxylic acids is 1. The molecule has 2 aromatic heterocycles. The molecule has 0 fully saturated rings. The van der Waals surface area contributed by atoms with Crippen LogP contribution in [0.2, 0.25) is 0 Å². The highest BCUT2D eigenvalue weighted by Gasteiger charge is 2.10. The summed E-state index contributed by atoms with van der Waals surface area (Å²) in [5.41, 5.74) is 7.69. The average molecular weight is 328 g/mol. The summed E-state index contributed by atoms with van der Waals surface area (Å²) < 4.78 is 1.58. The van der Waals surface area contributed by atoms with Gasteiger partial charge in [-0.25, -0.2) is 9.67 Å². The molecule has 8 heteroatoms. The minimum atomic E-state index is -0.232. The highest BCUT2D eigenvalue weighted by atomic mass is 32.1. The number of aryl methyl sites for hydroxylation is 1. The zero-order valence-corrected chi connectivity index (χ0v) is 13.2. The Morgan fingerprint density at radius 2 is 2.13 bits per heavy atom. The molecule has 1 amide bonds. The van der Waals surface area contributed by atoms with Gasteiger partial charge in [-0.1, -0.05) is 23.4 Å². The molecule has 0 aliphatic heterocycles. The number of para-hydroxylation sites is 1. The van der Waals surface area contributed by atoms with Gasteiger partial charge in [0.25, 0.3) is 5.91 Å². The van der Waals surface area contributed by atoms with Crippen LogP contribution in [-0.4, -0.2) is 32.4 Å². The summed E-state index contributed by atoms with van der Waals surface area (Å²) in [6, 6.07) is 9.53. The van der Waals surface area contributed by atoms with Crippen molar-refractivity contribution in [2.45, 2.75) is 12.8 Å². The van der Waals surface area contributed by atoms with Gasteiger partial charge in [-0.2, -0.15) is 0 Å². The predicted molar refractivity (Wildman–Crippen MR) is 88.5 cm³/mol. The minimum Gasteiger partial charge on any atom is -0.375 e. The van der Waals surface area contributed by atoms with Gasteiger partial charge in [0.05, 0.1) is 17.6 Å². The Morgan fingerprint density at radius 1 is 1.30 bits per heavy atom. The Balaban J connectivity index is 1.50. The second-order valence-corrected chi connectivity index (χ2v) is 5.81. The molecule has 0 saturated heterocycles. The zero-order valence-electron chi connectivity index (χ0n) is 12.3. The van der Waals surface area contributed by atoms with Gasteiger partial charge in [0, 0.05) is 11.9 Å². The van der Waals surface area contributed by atoms with Gasteiger partial charge in [-0.15, -0.1) is 16.4 Å². The van der Waals surface area contributed by atoms with Gasteiger partial charge in [-0.05, 0) is 25.0 Å². The van der Waals surface area contributed by atoms with Crippen LogP contribution in [0.3, 0.4) is 0 Å². The van der Waals surface area contributed by atoms with Crippen LogP contribution >= 0.6 is 11.3 Å². The predicted octanol–water partition coefficient (Wildman–Crippen LogP) is 1.67. The molecule has 0 bridgehead atoms. The summed E-state index contributed by atoms with van der Waals surface area (Å²) in [6.07, 6.45) is 3.19. The second-order valence-electron chi connectivity index (χ2n) is 4.92. The number of anilines is 1. The van der Waals surface area contributed by atoms with Crippen LogP contribution in [0.4, 0.5) is 5.13 Å². The molecule has 0 unspecified atom stereocenters. The molecule has 118 valence electrons. The lowest BCUT2D eigenvalue weighted by molar-refractivity contribution is 0.0948. The third-order valence-corrected chi connectivity index (χ3v) is 3.93. The van der Waals surface area contributed by atoms with Crippen LogP contribution in [-0.2, 0) is 6.42 Å². The molecular formula is C15H16N6OS. The molecule has 0 aliphatic carbocycles. The van der Waals surface area contributed by atoms with Crippen LogP contribution in [0.25, 0.3) is 5.69 Å². The zero-order chi connectivity index (χ0) is 16.1. The fraction of sp³-hybridized carbons (Fsp3) is 0.200. The first-order valence-electron chi connectivity index (χ1n) is 7.18. The molecule has 7 nitrogen and oxygen atoms in total. The van der Waals surface area contributed by atoms with Crippen LogP contribution in [0, 0.1) is 0 Å². The van der Waals surface area contributed by atoms with Gasteiger partial charge in [0.1, 0.15) is 0 Å². The van der Waals surface area contributed by atoms with Crippen LogP contribution in [0.5, 0.6) is 0 Å². The number of hydrogen-bond donors (Lipinski definition) is 2. The number of nitrogens with two attached hydrogens (primary N) is 1. The van der Waals surface area contributed by atoms with Gasteiger partial charge < -0.3 is 11.1 Å². The van der Waals surface area contributed by atoms with Crippen molar-refractivity contribution in [1.29, 1.82) is 0 Å².